The van der Waals surface area contributed by atoms with E-state index in [-0.39, 0.29) is 17.0 Å². The summed E-state index contributed by atoms with van der Waals surface area (Å²) in [5.74, 6) is -0.0624. The van der Waals surface area contributed by atoms with Crippen molar-refractivity contribution in [2.45, 2.75) is 55.2 Å². The van der Waals surface area contributed by atoms with Crippen molar-refractivity contribution in [1.29, 1.82) is 0 Å². The second-order valence-corrected chi connectivity index (χ2v) is 12.4. The van der Waals surface area contributed by atoms with Crippen molar-refractivity contribution in [3.63, 3.8) is 0 Å². The van der Waals surface area contributed by atoms with E-state index in [1.54, 1.807) is 0 Å². The van der Waals surface area contributed by atoms with Crippen LogP contribution in [0.3, 0.4) is 0 Å². The van der Waals surface area contributed by atoms with Crippen LogP contribution in [0.25, 0.3) is 11.2 Å². The van der Waals surface area contributed by atoms with Gasteiger partial charge in [0.15, 0.2) is 24.0 Å². The zero-order chi connectivity index (χ0) is 31.2. The number of anilines is 1. The summed E-state index contributed by atoms with van der Waals surface area (Å²) in [6.45, 7) is -2.03. The molecule has 238 valence electrons. The van der Waals surface area contributed by atoms with Gasteiger partial charge in [0.2, 0.25) is 0 Å². The Morgan fingerprint density at radius 3 is 1.93 bits per heavy atom. The molecule has 0 spiro atoms. The van der Waals surface area contributed by atoms with E-state index in [1.807, 2.05) is 0 Å². The fourth-order valence-electron chi connectivity index (χ4n) is 4.44. The number of aromatic nitrogens is 4. The minimum absolute atomic E-state index is 0.00554. The molecule has 26 heteroatoms. The molecule has 0 radical (unpaired) electrons. The van der Waals surface area contributed by atoms with Gasteiger partial charge in [0.05, 0.1) is 19.5 Å². The third-order valence-corrected chi connectivity index (χ3v) is 7.54. The van der Waals surface area contributed by atoms with E-state index in [0.29, 0.717) is 0 Å². The van der Waals surface area contributed by atoms with Gasteiger partial charge in [-0.05, 0) is 0 Å². The van der Waals surface area contributed by atoms with Crippen molar-refractivity contribution in [3.05, 3.63) is 12.7 Å². The zero-order valence-electron chi connectivity index (χ0n) is 20.7. The van der Waals surface area contributed by atoms with E-state index in [4.69, 9.17) is 24.5 Å². The summed E-state index contributed by atoms with van der Waals surface area (Å²) < 4.78 is 66.6. The maximum atomic E-state index is 11.9. The third kappa shape index (κ3) is 7.56. The monoisotopic (exact) mass is 669 g/mol. The number of fused-ring (bicyclic) bond motifs is 1. The van der Waals surface area contributed by atoms with Gasteiger partial charge in [-0.1, -0.05) is 0 Å². The standard InChI is InChI=1S/C16H26N5O18P3/c17-13-7-14(19-3-18-13)21(4-20-7)15-12(39-42(31,32)33)9(5(1-22)34-15)36-16-8(24)11(38-41(28,29)30)10(6(2-23)35-16)37-40(25,26)27/h3-6,8-12,15-16,22-24H,1-2H2,(H2,17,18,19)(H2,25,26,27)(H2,28,29,30)(H2,31,32,33)/t5-,6-,8+,9-,10-,11-,12-,15-,16-/m1/s1. The van der Waals surface area contributed by atoms with Crippen LogP contribution in [-0.2, 0) is 41.5 Å². The highest BCUT2D eigenvalue weighted by Gasteiger charge is 2.56. The summed E-state index contributed by atoms with van der Waals surface area (Å²) in [7, 11) is -16.3. The Bertz CT molecular complexity index is 1400. The van der Waals surface area contributed by atoms with E-state index in [9.17, 15) is 58.4 Å². The van der Waals surface area contributed by atoms with Crippen LogP contribution in [0.1, 0.15) is 6.23 Å². The summed E-state index contributed by atoms with van der Waals surface area (Å²) in [6, 6.07) is 0. The largest absolute Gasteiger partial charge is 0.470 e. The van der Waals surface area contributed by atoms with E-state index in [1.165, 1.54) is 0 Å². The van der Waals surface area contributed by atoms with Gasteiger partial charge in [-0.25, -0.2) is 28.6 Å². The van der Waals surface area contributed by atoms with Crippen LogP contribution in [-0.4, -0.2) is 126 Å². The number of nitrogen functional groups attached to an aromatic ring is 1. The highest BCUT2D eigenvalue weighted by molar-refractivity contribution is 7.46. The average molecular weight is 669 g/mol. The average Bonchev–Trinajstić information content (AvgIpc) is 3.42. The summed E-state index contributed by atoms with van der Waals surface area (Å²) >= 11 is 0. The van der Waals surface area contributed by atoms with Crippen LogP contribution in [0, 0.1) is 0 Å². The lowest BCUT2D eigenvalue weighted by molar-refractivity contribution is -0.313. The molecule has 2 aliphatic heterocycles. The van der Waals surface area contributed by atoms with E-state index >= 15 is 0 Å². The first-order valence-corrected chi connectivity index (χ1v) is 16.0. The summed E-state index contributed by atoms with van der Waals surface area (Å²) in [5, 5.41) is 30.6. The molecule has 9 atom stereocenters. The topological polar surface area (TPSA) is 358 Å². The lowest BCUT2D eigenvalue weighted by Gasteiger charge is -2.44. The second-order valence-electron chi connectivity index (χ2n) is 8.83. The van der Waals surface area contributed by atoms with Crippen LogP contribution in [0.2, 0.25) is 0 Å². The van der Waals surface area contributed by atoms with Gasteiger partial charge >= 0.3 is 23.5 Å². The van der Waals surface area contributed by atoms with Crippen molar-refractivity contribution >= 4 is 40.4 Å². The molecule has 0 aliphatic carbocycles. The number of aliphatic hydroxyl groups excluding tert-OH is 3. The molecule has 2 aromatic rings. The third-order valence-electron chi connectivity index (χ3n) is 5.99. The maximum Gasteiger partial charge on any atom is 0.470 e. The number of hydrogen-bond donors (Lipinski definition) is 10. The lowest BCUT2D eigenvalue weighted by atomic mass is 9.99. The molecule has 0 aromatic carbocycles. The van der Waals surface area contributed by atoms with Gasteiger partial charge < -0.3 is 64.6 Å². The predicted octanol–water partition coefficient (Wildman–Crippen LogP) is -3.80. The molecular formula is C16H26N5O18P3. The Balaban J connectivity index is 1.71. The summed E-state index contributed by atoms with van der Waals surface area (Å²) in [5.41, 5.74) is 5.84. The van der Waals surface area contributed by atoms with Gasteiger partial charge in [0.25, 0.3) is 0 Å². The highest BCUT2D eigenvalue weighted by Crippen LogP contribution is 2.49. The Morgan fingerprint density at radius 2 is 1.36 bits per heavy atom. The Morgan fingerprint density at radius 1 is 0.810 bits per heavy atom. The number of phosphoric ester groups is 3. The first kappa shape index (κ1) is 33.3. The van der Waals surface area contributed by atoms with Gasteiger partial charge in [0.1, 0.15) is 54.6 Å². The van der Waals surface area contributed by atoms with Gasteiger partial charge in [-0.15, -0.1) is 0 Å². The maximum absolute atomic E-state index is 11.9. The number of phosphoric acid groups is 3. The van der Waals surface area contributed by atoms with Crippen molar-refractivity contribution in [2.75, 3.05) is 18.9 Å². The van der Waals surface area contributed by atoms with Crippen molar-refractivity contribution in [3.8, 4) is 0 Å². The van der Waals surface area contributed by atoms with Crippen LogP contribution in [0.15, 0.2) is 12.7 Å². The number of aliphatic hydroxyl groups is 3. The second kappa shape index (κ2) is 12.4. The van der Waals surface area contributed by atoms with Crippen molar-refractivity contribution in [1.82, 2.24) is 19.5 Å². The summed E-state index contributed by atoms with van der Waals surface area (Å²) in [6.07, 6.45) is -15.4. The molecule has 2 aromatic heterocycles. The smallest absolute Gasteiger partial charge is 0.394 e. The van der Waals surface area contributed by atoms with Crippen LogP contribution in [0.5, 0.6) is 0 Å². The molecule has 0 bridgehead atoms. The first-order chi connectivity index (χ1) is 19.4. The van der Waals surface area contributed by atoms with Gasteiger partial charge in [-0.2, -0.15) is 0 Å². The van der Waals surface area contributed by atoms with Gasteiger partial charge in [0, 0.05) is 0 Å². The molecule has 4 rings (SSSR count). The Labute approximate surface area is 233 Å². The quantitative estimate of drug-likeness (QED) is 0.102. The molecule has 0 unspecified atom stereocenters. The van der Waals surface area contributed by atoms with Crippen LogP contribution in [0.4, 0.5) is 5.82 Å². The summed E-state index contributed by atoms with van der Waals surface area (Å²) in [4.78, 5) is 68.1. The molecule has 4 heterocycles. The van der Waals surface area contributed by atoms with E-state index < -0.39 is 91.9 Å². The van der Waals surface area contributed by atoms with Gasteiger partial charge in [-0.3, -0.25) is 18.1 Å². The lowest BCUT2D eigenvalue weighted by Crippen LogP contribution is -2.61. The number of imidazole rings is 1. The van der Waals surface area contributed by atoms with Crippen molar-refractivity contribution < 1.29 is 86.2 Å². The molecule has 0 amide bonds. The predicted molar refractivity (Wildman–Crippen MR) is 128 cm³/mol. The molecule has 11 N–H and O–H groups in total. The fourth-order valence-corrected chi connectivity index (χ4v) is 6.12. The normalized spacial score (nSPS) is 32.9. The van der Waals surface area contributed by atoms with Crippen LogP contribution < -0.4 is 5.73 Å². The zero-order valence-corrected chi connectivity index (χ0v) is 23.4. The fraction of sp³-hybridized carbons (Fsp3) is 0.688. The molecule has 2 fully saturated rings. The molecule has 2 saturated heterocycles. The highest BCUT2D eigenvalue weighted by atomic mass is 31.2. The number of hydrogen-bond acceptors (Lipinski definition) is 16. The Hall–Kier alpha value is -1.56. The molecule has 2 aliphatic rings. The number of ether oxygens (including phenoxy) is 3. The minimum atomic E-state index is -5.51. The van der Waals surface area contributed by atoms with E-state index in [2.05, 4.69) is 24.0 Å². The molecule has 23 nitrogen and oxygen atoms in total. The SMILES string of the molecule is Nc1ncnc2c1ncn2[C@@H]1O[C@H](CO)[C@@H](O[C@H]2O[C@H](CO)[C@@H](OP(=O)(O)O)[C@H](OP(=O)(O)O)[C@@H]2O)[C@H]1OP(=O)(O)O. The number of rotatable bonds is 11. The number of nitrogens with two attached hydrogens (primary N) is 1. The van der Waals surface area contributed by atoms with Crippen LogP contribution >= 0.6 is 23.5 Å². The molecule has 0 saturated carbocycles. The Kier molecular flexibility index (Phi) is 9.88. The minimum Gasteiger partial charge on any atom is -0.394 e. The van der Waals surface area contributed by atoms with E-state index in [0.717, 1.165) is 17.2 Å². The molecule has 42 heavy (non-hydrogen) atoms. The van der Waals surface area contributed by atoms with Crippen molar-refractivity contribution in [2.24, 2.45) is 0 Å². The first-order valence-electron chi connectivity index (χ1n) is 11.4. The number of nitrogens with zero attached hydrogens (tertiary/aromatic N) is 4. The molecular weight excluding hydrogens is 643 g/mol.